The van der Waals surface area contributed by atoms with E-state index in [1.807, 2.05) is 24.3 Å². The highest BCUT2D eigenvalue weighted by molar-refractivity contribution is 9.10. The van der Waals surface area contributed by atoms with E-state index < -0.39 is 11.6 Å². The molecule has 1 aromatic carbocycles. The second-order valence-corrected chi connectivity index (χ2v) is 4.52. The molecule has 0 radical (unpaired) electrons. The number of aliphatic hydroxyl groups is 1. The Labute approximate surface area is 102 Å². The monoisotopic (exact) mass is 288 g/mol. The van der Waals surface area contributed by atoms with E-state index >= 15 is 0 Å². The predicted octanol–water partition coefficient (Wildman–Crippen LogP) is 1.80. The zero-order valence-corrected chi connectivity index (χ0v) is 10.4. The van der Waals surface area contributed by atoms with Gasteiger partial charge in [0.1, 0.15) is 0 Å². The van der Waals surface area contributed by atoms with E-state index in [1.54, 1.807) is 0 Å². The van der Waals surface area contributed by atoms with Crippen molar-refractivity contribution >= 4 is 21.9 Å². The van der Waals surface area contributed by atoms with E-state index in [4.69, 9.17) is 9.84 Å². The van der Waals surface area contributed by atoms with Crippen molar-refractivity contribution in [3.63, 3.8) is 0 Å². The highest BCUT2D eigenvalue weighted by Crippen LogP contribution is 2.17. The summed E-state index contributed by atoms with van der Waals surface area (Å²) in [6, 6.07) is 7.47. The third-order valence-electron chi connectivity index (χ3n) is 2.06. The zero-order chi connectivity index (χ0) is 12.2. The van der Waals surface area contributed by atoms with E-state index in [1.165, 1.54) is 6.92 Å². The maximum atomic E-state index is 10.6. The van der Waals surface area contributed by atoms with Crippen LogP contribution in [0.1, 0.15) is 12.5 Å². The average Bonchev–Trinajstić information content (AvgIpc) is 2.20. The summed E-state index contributed by atoms with van der Waals surface area (Å²) in [5.74, 6) is -1.29. The second kappa shape index (κ2) is 5.43. The summed E-state index contributed by atoms with van der Waals surface area (Å²) in [6.07, 6.45) is 0. The first kappa shape index (κ1) is 13.2. The minimum Gasteiger partial charge on any atom is -0.479 e. The van der Waals surface area contributed by atoms with E-state index in [-0.39, 0.29) is 13.2 Å². The number of hydrogen-bond donors (Lipinski definition) is 2. The lowest BCUT2D eigenvalue weighted by atomic mass is 10.1. The highest BCUT2D eigenvalue weighted by atomic mass is 79.9. The Balaban J connectivity index is 2.48. The van der Waals surface area contributed by atoms with Gasteiger partial charge in [-0.05, 0) is 18.6 Å². The normalized spacial score (nSPS) is 14.4. The SMILES string of the molecule is CC(O)(COCc1ccccc1Br)C(=O)O. The fourth-order valence-corrected chi connectivity index (χ4v) is 1.44. The van der Waals surface area contributed by atoms with Crippen molar-refractivity contribution in [1.29, 1.82) is 0 Å². The van der Waals surface area contributed by atoms with Crippen LogP contribution in [0.4, 0.5) is 0 Å². The molecule has 0 aliphatic rings. The Hall–Kier alpha value is -0.910. The Morgan fingerprint density at radius 3 is 2.69 bits per heavy atom. The molecule has 1 rings (SSSR count). The molecular weight excluding hydrogens is 276 g/mol. The number of halogens is 1. The van der Waals surface area contributed by atoms with Crippen LogP contribution in [0.2, 0.25) is 0 Å². The fraction of sp³-hybridized carbons (Fsp3) is 0.364. The van der Waals surface area contributed by atoms with Gasteiger partial charge in [-0.3, -0.25) is 0 Å². The first-order chi connectivity index (χ1) is 7.43. The quantitative estimate of drug-likeness (QED) is 0.867. The zero-order valence-electron chi connectivity index (χ0n) is 8.81. The first-order valence-corrected chi connectivity index (χ1v) is 5.50. The largest absolute Gasteiger partial charge is 0.479 e. The van der Waals surface area contributed by atoms with Crippen molar-refractivity contribution in [3.05, 3.63) is 34.3 Å². The van der Waals surface area contributed by atoms with Crippen molar-refractivity contribution in [2.24, 2.45) is 0 Å². The lowest BCUT2D eigenvalue weighted by molar-refractivity contribution is -0.163. The van der Waals surface area contributed by atoms with Crippen LogP contribution < -0.4 is 0 Å². The molecule has 0 saturated heterocycles. The average molecular weight is 289 g/mol. The lowest BCUT2D eigenvalue weighted by Crippen LogP contribution is -2.39. The van der Waals surface area contributed by atoms with Crippen LogP contribution in [0.3, 0.4) is 0 Å². The standard InChI is InChI=1S/C11H13BrO4/c1-11(15,10(13)14)7-16-6-8-4-2-3-5-9(8)12/h2-5,15H,6-7H2,1H3,(H,13,14). The second-order valence-electron chi connectivity index (χ2n) is 3.66. The van der Waals surface area contributed by atoms with Crippen LogP contribution in [0.15, 0.2) is 28.7 Å². The van der Waals surface area contributed by atoms with Gasteiger partial charge >= 0.3 is 5.97 Å². The van der Waals surface area contributed by atoms with Gasteiger partial charge in [-0.15, -0.1) is 0 Å². The van der Waals surface area contributed by atoms with Crippen molar-refractivity contribution in [3.8, 4) is 0 Å². The minimum atomic E-state index is -1.85. The Morgan fingerprint density at radius 2 is 2.12 bits per heavy atom. The number of carboxylic acids is 1. The first-order valence-electron chi connectivity index (χ1n) is 4.70. The molecule has 1 unspecified atom stereocenters. The Kier molecular flexibility index (Phi) is 4.46. The van der Waals surface area contributed by atoms with Crippen LogP contribution in [-0.2, 0) is 16.1 Å². The molecule has 0 aromatic heterocycles. The molecule has 16 heavy (non-hydrogen) atoms. The summed E-state index contributed by atoms with van der Waals surface area (Å²) >= 11 is 3.35. The van der Waals surface area contributed by atoms with Crippen LogP contribution >= 0.6 is 15.9 Å². The Morgan fingerprint density at radius 1 is 1.50 bits per heavy atom. The summed E-state index contributed by atoms with van der Waals surface area (Å²) in [5, 5.41) is 18.1. The number of ether oxygens (including phenoxy) is 1. The number of benzene rings is 1. The van der Waals surface area contributed by atoms with Crippen LogP contribution in [0.25, 0.3) is 0 Å². The minimum absolute atomic E-state index is 0.246. The van der Waals surface area contributed by atoms with E-state index in [0.717, 1.165) is 10.0 Å². The number of hydrogen-bond acceptors (Lipinski definition) is 3. The third kappa shape index (κ3) is 3.59. The number of carbonyl (C=O) groups is 1. The van der Waals surface area contributed by atoms with E-state index in [2.05, 4.69) is 15.9 Å². The third-order valence-corrected chi connectivity index (χ3v) is 2.83. The number of aliphatic carboxylic acids is 1. The van der Waals surface area contributed by atoms with Gasteiger partial charge in [-0.25, -0.2) is 4.79 Å². The molecule has 4 nitrogen and oxygen atoms in total. The van der Waals surface area contributed by atoms with Crippen molar-refractivity contribution < 1.29 is 19.7 Å². The molecule has 0 bridgehead atoms. The molecule has 2 N–H and O–H groups in total. The van der Waals surface area contributed by atoms with Gasteiger partial charge < -0.3 is 14.9 Å². The summed E-state index contributed by atoms with van der Waals surface area (Å²) in [4.78, 5) is 10.6. The molecule has 5 heteroatoms. The van der Waals surface area contributed by atoms with Gasteiger partial charge in [0, 0.05) is 4.47 Å². The van der Waals surface area contributed by atoms with E-state index in [0.29, 0.717) is 0 Å². The van der Waals surface area contributed by atoms with Gasteiger partial charge in [0.2, 0.25) is 0 Å². The summed E-state index contributed by atoms with van der Waals surface area (Å²) in [7, 11) is 0. The molecular formula is C11H13BrO4. The van der Waals surface area contributed by atoms with Crippen LogP contribution in [0.5, 0.6) is 0 Å². The molecule has 0 heterocycles. The molecule has 1 atom stereocenters. The molecule has 0 aliphatic carbocycles. The van der Waals surface area contributed by atoms with Gasteiger partial charge in [0.25, 0.3) is 0 Å². The molecule has 0 spiro atoms. The summed E-state index contributed by atoms with van der Waals surface area (Å²) in [6.45, 7) is 1.21. The smallest absolute Gasteiger partial charge is 0.337 e. The molecule has 0 aliphatic heterocycles. The maximum Gasteiger partial charge on any atom is 0.337 e. The lowest BCUT2D eigenvalue weighted by Gasteiger charge is -2.17. The van der Waals surface area contributed by atoms with Crippen molar-refractivity contribution in [2.75, 3.05) is 6.61 Å². The fourth-order valence-electron chi connectivity index (χ4n) is 1.04. The van der Waals surface area contributed by atoms with Gasteiger partial charge in [0.05, 0.1) is 13.2 Å². The van der Waals surface area contributed by atoms with Crippen LogP contribution in [-0.4, -0.2) is 28.4 Å². The van der Waals surface area contributed by atoms with Gasteiger partial charge in [-0.1, -0.05) is 34.1 Å². The summed E-state index contributed by atoms with van der Waals surface area (Å²) in [5.41, 5.74) is -0.940. The van der Waals surface area contributed by atoms with E-state index in [9.17, 15) is 9.90 Å². The molecule has 0 amide bonds. The molecule has 0 saturated carbocycles. The van der Waals surface area contributed by atoms with Crippen LogP contribution in [0, 0.1) is 0 Å². The topological polar surface area (TPSA) is 66.8 Å². The predicted molar refractivity (Wildman–Crippen MR) is 62.1 cm³/mol. The molecule has 1 aromatic rings. The number of rotatable bonds is 5. The van der Waals surface area contributed by atoms with Gasteiger partial charge in [0.15, 0.2) is 5.60 Å². The number of carboxylic acid groups (broad SMARTS) is 1. The Bertz CT molecular complexity index is 376. The van der Waals surface area contributed by atoms with Crippen molar-refractivity contribution in [2.45, 2.75) is 19.1 Å². The molecule has 0 fully saturated rings. The summed E-state index contributed by atoms with van der Waals surface area (Å²) < 4.78 is 6.06. The van der Waals surface area contributed by atoms with Gasteiger partial charge in [-0.2, -0.15) is 0 Å². The molecule has 88 valence electrons. The maximum absolute atomic E-state index is 10.6. The highest BCUT2D eigenvalue weighted by Gasteiger charge is 2.30. The van der Waals surface area contributed by atoms with Crippen molar-refractivity contribution in [1.82, 2.24) is 0 Å².